The molecule has 1 saturated heterocycles. The van der Waals surface area contributed by atoms with E-state index in [0.29, 0.717) is 11.8 Å². The van der Waals surface area contributed by atoms with Crippen molar-refractivity contribution in [2.24, 2.45) is 5.92 Å². The molecule has 0 unspecified atom stereocenters. The molecule has 1 aromatic heterocycles. The van der Waals surface area contributed by atoms with E-state index in [0.717, 1.165) is 49.8 Å². The Morgan fingerprint density at radius 1 is 1.35 bits per heavy atom. The van der Waals surface area contributed by atoms with Crippen LogP contribution in [0.2, 0.25) is 0 Å². The van der Waals surface area contributed by atoms with E-state index in [-0.39, 0.29) is 6.42 Å². The normalized spacial score (nSPS) is 16.0. The minimum Gasteiger partial charge on any atom is -0.481 e. The first kappa shape index (κ1) is 17.5. The predicted octanol–water partition coefficient (Wildman–Crippen LogP) is 2.75. The van der Waals surface area contributed by atoms with Gasteiger partial charge in [0.15, 0.2) is 0 Å². The van der Waals surface area contributed by atoms with Gasteiger partial charge in [-0.2, -0.15) is 4.98 Å². The third-order valence-electron chi connectivity index (χ3n) is 4.42. The van der Waals surface area contributed by atoms with Crippen LogP contribution >= 0.6 is 0 Å². The number of hydrogen-bond donors (Lipinski definition) is 1. The fourth-order valence-corrected chi connectivity index (χ4v) is 2.88. The summed E-state index contributed by atoms with van der Waals surface area (Å²) in [5, 5.41) is 8.81. The monoisotopic (exact) mass is 320 g/mol. The average Bonchev–Trinajstić information content (AvgIpc) is 2.52. The quantitative estimate of drug-likeness (QED) is 0.869. The highest BCUT2D eigenvalue weighted by Gasteiger charge is 2.22. The van der Waals surface area contributed by atoms with Gasteiger partial charge in [-0.1, -0.05) is 13.8 Å². The van der Waals surface area contributed by atoms with Crippen LogP contribution in [0, 0.1) is 5.92 Å². The Kier molecular flexibility index (Phi) is 5.80. The van der Waals surface area contributed by atoms with Gasteiger partial charge in [-0.15, -0.1) is 0 Å². The second-order valence-electron chi connectivity index (χ2n) is 6.86. The molecular formula is C17H28N4O2. The molecular weight excluding hydrogens is 292 g/mol. The van der Waals surface area contributed by atoms with Crippen LogP contribution in [-0.2, 0) is 4.79 Å². The number of nitrogens with zero attached hydrogens (tertiary/aromatic N) is 4. The van der Waals surface area contributed by atoms with Crippen molar-refractivity contribution < 1.29 is 9.90 Å². The first-order chi connectivity index (χ1) is 10.9. The van der Waals surface area contributed by atoms with E-state index in [4.69, 9.17) is 5.11 Å². The zero-order chi connectivity index (χ0) is 17.0. The molecule has 1 fully saturated rings. The van der Waals surface area contributed by atoms with Crippen LogP contribution in [0.25, 0.3) is 0 Å². The predicted molar refractivity (Wildman–Crippen MR) is 92.3 cm³/mol. The van der Waals surface area contributed by atoms with E-state index in [9.17, 15) is 4.79 Å². The summed E-state index contributed by atoms with van der Waals surface area (Å²) in [6, 6.07) is 2.09. The molecule has 2 heterocycles. The number of aliphatic carboxylic acids is 1. The second kappa shape index (κ2) is 7.62. The number of carboxylic acids is 1. The number of rotatable bonds is 6. The molecule has 0 aromatic carbocycles. The van der Waals surface area contributed by atoms with Crippen LogP contribution in [0.3, 0.4) is 0 Å². The van der Waals surface area contributed by atoms with Gasteiger partial charge >= 0.3 is 5.97 Å². The van der Waals surface area contributed by atoms with Crippen LogP contribution in [-0.4, -0.2) is 48.2 Å². The van der Waals surface area contributed by atoms with E-state index < -0.39 is 5.97 Å². The van der Waals surface area contributed by atoms with E-state index >= 15 is 0 Å². The highest BCUT2D eigenvalue weighted by atomic mass is 16.4. The molecule has 0 bridgehead atoms. The maximum atomic E-state index is 10.7. The molecule has 0 atom stereocenters. The number of piperidine rings is 1. The van der Waals surface area contributed by atoms with Crippen molar-refractivity contribution in [3.63, 3.8) is 0 Å². The number of anilines is 2. The highest BCUT2D eigenvalue weighted by molar-refractivity contribution is 5.66. The zero-order valence-electron chi connectivity index (χ0n) is 14.6. The summed E-state index contributed by atoms with van der Waals surface area (Å²) in [4.78, 5) is 24.2. The van der Waals surface area contributed by atoms with Crippen LogP contribution in [0.15, 0.2) is 6.07 Å². The SMILES string of the molecule is CC(C)c1cc(N2CCC(CCC(=O)O)CC2)nc(N(C)C)n1. The van der Waals surface area contributed by atoms with Crippen LogP contribution in [0.5, 0.6) is 0 Å². The first-order valence-corrected chi connectivity index (χ1v) is 8.40. The van der Waals surface area contributed by atoms with E-state index in [1.165, 1.54) is 0 Å². The highest BCUT2D eigenvalue weighted by Crippen LogP contribution is 2.27. The summed E-state index contributed by atoms with van der Waals surface area (Å²) in [5.74, 6) is 1.93. The molecule has 1 N–H and O–H groups in total. The molecule has 1 aliphatic heterocycles. The van der Waals surface area contributed by atoms with Gasteiger partial charge in [-0.25, -0.2) is 4.98 Å². The van der Waals surface area contributed by atoms with Gasteiger partial charge < -0.3 is 14.9 Å². The molecule has 0 spiro atoms. The van der Waals surface area contributed by atoms with Gasteiger partial charge in [-0.3, -0.25) is 4.79 Å². The van der Waals surface area contributed by atoms with Crippen molar-refractivity contribution in [2.75, 3.05) is 37.0 Å². The van der Waals surface area contributed by atoms with Crippen molar-refractivity contribution >= 4 is 17.7 Å². The van der Waals surface area contributed by atoms with Gasteiger partial charge in [0, 0.05) is 39.7 Å². The van der Waals surface area contributed by atoms with Crippen LogP contribution < -0.4 is 9.80 Å². The maximum absolute atomic E-state index is 10.7. The van der Waals surface area contributed by atoms with Crippen molar-refractivity contribution in [3.05, 3.63) is 11.8 Å². The van der Waals surface area contributed by atoms with Crippen molar-refractivity contribution in [2.45, 2.75) is 45.4 Å². The smallest absolute Gasteiger partial charge is 0.303 e. The largest absolute Gasteiger partial charge is 0.481 e. The number of carbonyl (C=O) groups is 1. The summed E-state index contributed by atoms with van der Waals surface area (Å²) in [6.45, 7) is 6.16. The molecule has 1 aliphatic rings. The molecule has 2 rings (SSSR count). The maximum Gasteiger partial charge on any atom is 0.303 e. The molecule has 1 aromatic rings. The molecule has 23 heavy (non-hydrogen) atoms. The van der Waals surface area contributed by atoms with Gasteiger partial charge in [0.05, 0.1) is 5.69 Å². The van der Waals surface area contributed by atoms with E-state index in [1.54, 1.807) is 0 Å². The average molecular weight is 320 g/mol. The van der Waals surface area contributed by atoms with Crippen molar-refractivity contribution in [3.8, 4) is 0 Å². The molecule has 0 aliphatic carbocycles. The molecule has 0 radical (unpaired) electrons. The number of carboxylic acid groups (broad SMARTS) is 1. The zero-order valence-corrected chi connectivity index (χ0v) is 14.6. The summed E-state index contributed by atoms with van der Waals surface area (Å²) in [6.07, 6.45) is 3.13. The topological polar surface area (TPSA) is 69.6 Å². The second-order valence-corrected chi connectivity index (χ2v) is 6.86. The number of aromatic nitrogens is 2. The van der Waals surface area contributed by atoms with Gasteiger partial charge in [0.1, 0.15) is 5.82 Å². The number of hydrogen-bond acceptors (Lipinski definition) is 5. The lowest BCUT2D eigenvalue weighted by atomic mass is 9.92. The van der Waals surface area contributed by atoms with Gasteiger partial charge in [-0.05, 0) is 31.1 Å². The summed E-state index contributed by atoms with van der Waals surface area (Å²) >= 11 is 0. The molecule has 128 valence electrons. The molecule has 6 heteroatoms. The Morgan fingerprint density at radius 2 is 2.00 bits per heavy atom. The van der Waals surface area contributed by atoms with Gasteiger partial charge in [0.25, 0.3) is 0 Å². The van der Waals surface area contributed by atoms with E-state index in [2.05, 4.69) is 34.8 Å². The third kappa shape index (κ3) is 4.81. The van der Waals surface area contributed by atoms with E-state index in [1.807, 2.05) is 19.0 Å². The van der Waals surface area contributed by atoms with Gasteiger partial charge in [0.2, 0.25) is 5.95 Å². The lowest BCUT2D eigenvalue weighted by Crippen LogP contribution is -2.35. The molecule has 6 nitrogen and oxygen atoms in total. The Balaban J connectivity index is 2.06. The summed E-state index contributed by atoms with van der Waals surface area (Å²) in [5.41, 5.74) is 1.06. The van der Waals surface area contributed by atoms with Crippen LogP contribution in [0.1, 0.15) is 51.1 Å². The lowest BCUT2D eigenvalue weighted by Gasteiger charge is -2.33. The summed E-state index contributed by atoms with van der Waals surface area (Å²) in [7, 11) is 3.92. The minimum absolute atomic E-state index is 0.278. The fourth-order valence-electron chi connectivity index (χ4n) is 2.88. The standard InChI is InChI=1S/C17H28N4O2/c1-12(2)14-11-15(19-17(18-14)20(3)4)21-9-7-13(8-10-21)5-6-16(22)23/h11-13H,5-10H2,1-4H3,(H,22,23). The Morgan fingerprint density at radius 3 is 2.52 bits per heavy atom. The minimum atomic E-state index is -0.694. The van der Waals surface area contributed by atoms with Crippen molar-refractivity contribution in [1.29, 1.82) is 0 Å². The Bertz CT molecular complexity index is 511. The molecule has 0 amide bonds. The van der Waals surface area contributed by atoms with Crippen LogP contribution in [0.4, 0.5) is 11.8 Å². The lowest BCUT2D eigenvalue weighted by molar-refractivity contribution is -0.137. The fraction of sp³-hybridized carbons (Fsp3) is 0.706. The van der Waals surface area contributed by atoms with Crippen molar-refractivity contribution in [1.82, 2.24) is 9.97 Å². The summed E-state index contributed by atoms with van der Waals surface area (Å²) < 4.78 is 0. The molecule has 0 saturated carbocycles. The Labute approximate surface area is 138 Å². The Hall–Kier alpha value is -1.85. The third-order valence-corrected chi connectivity index (χ3v) is 4.42. The first-order valence-electron chi connectivity index (χ1n) is 8.40.